The Morgan fingerprint density at radius 3 is 2.74 bits per heavy atom. The number of carbonyl (C=O) groups excluding carboxylic acids is 1. The zero-order valence-electron chi connectivity index (χ0n) is 15.1. The number of hydrogen-bond acceptors (Lipinski definition) is 3. The van der Waals surface area contributed by atoms with Gasteiger partial charge in [-0.1, -0.05) is 24.3 Å². The molecule has 6 heteroatoms. The Hall–Kier alpha value is -3.15. The Morgan fingerprint density at radius 1 is 1.11 bits per heavy atom. The zero-order valence-corrected chi connectivity index (χ0v) is 15.1. The van der Waals surface area contributed by atoms with Crippen LogP contribution in [0.2, 0.25) is 0 Å². The average molecular weight is 365 g/mol. The van der Waals surface area contributed by atoms with E-state index in [4.69, 9.17) is 4.74 Å². The van der Waals surface area contributed by atoms with E-state index in [9.17, 15) is 9.18 Å². The van der Waals surface area contributed by atoms with Crippen LogP contribution in [0.25, 0.3) is 0 Å². The molecule has 0 bridgehead atoms. The topological polar surface area (TPSA) is 47.4 Å². The summed E-state index contributed by atoms with van der Waals surface area (Å²) in [5, 5.41) is 4.47. The summed E-state index contributed by atoms with van der Waals surface area (Å²) < 4.78 is 21.0. The molecule has 0 atom stereocenters. The molecule has 4 rings (SSSR count). The van der Waals surface area contributed by atoms with Crippen molar-refractivity contribution in [2.75, 3.05) is 6.54 Å². The lowest BCUT2D eigenvalue weighted by Crippen LogP contribution is -2.40. The smallest absolute Gasteiger partial charge is 0.272 e. The quantitative estimate of drug-likeness (QED) is 0.695. The molecule has 1 aliphatic rings. The minimum absolute atomic E-state index is 0.0941. The predicted octanol–water partition coefficient (Wildman–Crippen LogP) is 3.57. The van der Waals surface area contributed by atoms with E-state index in [0.717, 1.165) is 16.9 Å². The van der Waals surface area contributed by atoms with E-state index in [1.165, 1.54) is 12.1 Å². The van der Waals surface area contributed by atoms with Crippen molar-refractivity contribution in [2.45, 2.75) is 26.6 Å². The van der Waals surface area contributed by atoms with Gasteiger partial charge < -0.3 is 9.64 Å². The van der Waals surface area contributed by atoms with Crippen molar-refractivity contribution >= 4 is 5.91 Å². The molecule has 27 heavy (non-hydrogen) atoms. The number of ether oxygens (including phenoxy) is 1. The molecule has 2 aromatic carbocycles. The molecule has 0 N–H and O–H groups in total. The SMILES string of the molecule is Cc1ccc(F)cc1CN1CCn2nc(COc3ccccc3)cc2C1=O. The highest BCUT2D eigenvalue weighted by molar-refractivity contribution is 5.93. The minimum atomic E-state index is -0.287. The van der Waals surface area contributed by atoms with Crippen LogP contribution in [0.1, 0.15) is 27.3 Å². The molecule has 0 aliphatic carbocycles. The second-order valence-corrected chi connectivity index (χ2v) is 6.64. The van der Waals surface area contributed by atoms with E-state index in [1.54, 1.807) is 21.7 Å². The average Bonchev–Trinajstić information content (AvgIpc) is 3.10. The maximum absolute atomic E-state index is 13.5. The highest BCUT2D eigenvalue weighted by Gasteiger charge is 2.27. The molecule has 0 unspecified atom stereocenters. The summed E-state index contributed by atoms with van der Waals surface area (Å²) in [6.45, 7) is 3.78. The maximum atomic E-state index is 13.5. The molecule has 0 radical (unpaired) electrons. The summed E-state index contributed by atoms with van der Waals surface area (Å²) in [7, 11) is 0. The fraction of sp³-hybridized carbons (Fsp3) is 0.238. The Bertz CT molecular complexity index is 969. The standard InChI is InChI=1S/C21H20FN3O2/c1-15-7-8-17(22)11-16(15)13-24-9-10-25-20(21(24)26)12-18(23-25)14-27-19-5-3-2-4-6-19/h2-8,11-12H,9-10,13-14H2,1H3. The van der Waals surface area contributed by atoms with Gasteiger partial charge in [0.15, 0.2) is 0 Å². The van der Waals surface area contributed by atoms with Crippen LogP contribution in [0, 0.1) is 12.7 Å². The number of aryl methyl sites for hydroxylation is 1. The number of benzene rings is 2. The molecule has 1 aliphatic heterocycles. The van der Waals surface area contributed by atoms with Crippen molar-refractivity contribution in [1.29, 1.82) is 0 Å². The summed E-state index contributed by atoms with van der Waals surface area (Å²) >= 11 is 0. The molecule has 1 amide bonds. The van der Waals surface area contributed by atoms with Crippen LogP contribution in [0.3, 0.4) is 0 Å². The third-order valence-electron chi connectivity index (χ3n) is 4.72. The van der Waals surface area contributed by atoms with Gasteiger partial charge in [0.25, 0.3) is 5.91 Å². The number of hydrogen-bond donors (Lipinski definition) is 0. The molecule has 138 valence electrons. The number of para-hydroxylation sites is 1. The van der Waals surface area contributed by atoms with Gasteiger partial charge in [0.05, 0.1) is 6.54 Å². The summed E-state index contributed by atoms with van der Waals surface area (Å²) in [5.41, 5.74) is 3.05. The van der Waals surface area contributed by atoms with Gasteiger partial charge in [-0.15, -0.1) is 0 Å². The number of nitrogens with zero attached hydrogens (tertiary/aromatic N) is 3. The highest BCUT2D eigenvalue weighted by Crippen LogP contribution is 2.20. The summed E-state index contributed by atoms with van der Waals surface area (Å²) in [6.07, 6.45) is 0. The second kappa shape index (κ2) is 7.23. The van der Waals surface area contributed by atoms with E-state index in [-0.39, 0.29) is 11.7 Å². The van der Waals surface area contributed by atoms with Crippen molar-refractivity contribution in [3.63, 3.8) is 0 Å². The van der Waals surface area contributed by atoms with Gasteiger partial charge in [-0.2, -0.15) is 5.10 Å². The lowest BCUT2D eigenvalue weighted by atomic mass is 10.1. The first-order valence-electron chi connectivity index (χ1n) is 8.89. The fourth-order valence-electron chi connectivity index (χ4n) is 3.20. The van der Waals surface area contributed by atoms with Gasteiger partial charge in [0.2, 0.25) is 0 Å². The lowest BCUT2D eigenvalue weighted by Gasteiger charge is -2.28. The summed E-state index contributed by atoms with van der Waals surface area (Å²) in [5.74, 6) is 0.381. The number of carbonyl (C=O) groups is 1. The predicted molar refractivity (Wildman–Crippen MR) is 98.9 cm³/mol. The van der Waals surface area contributed by atoms with Gasteiger partial charge in [-0.05, 0) is 48.4 Å². The maximum Gasteiger partial charge on any atom is 0.272 e. The van der Waals surface area contributed by atoms with Crippen LogP contribution in [0.15, 0.2) is 54.6 Å². The molecule has 0 spiro atoms. The minimum Gasteiger partial charge on any atom is -0.487 e. The van der Waals surface area contributed by atoms with Crippen molar-refractivity contribution < 1.29 is 13.9 Å². The number of rotatable bonds is 5. The van der Waals surface area contributed by atoms with Crippen molar-refractivity contribution in [1.82, 2.24) is 14.7 Å². The largest absolute Gasteiger partial charge is 0.487 e. The van der Waals surface area contributed by atoms with Gasteiger partial charge in [0, 0.05) is 13.1 Å². The van der Waals surface area contributed by atoms with Crippen LogP contribution in [0.5, 0.6) is 5.75 Å². The van der Waals surface area contributed by atoms with Crippen molar-refractivity contribution in [3.8, 4) is 5.75 Å². The Kier molecular flexibility index (Phi) is 4.62. The molecule has 3 aromatic rings. The second-order valence-electron chi connectivity index (χ2n) is 6.64. The van der Waals surface area contributed by atoms with Crippen molar-refractivity contribution in [2.24, 2.45) is 0 Å². The normalized spacial score (nSPS) is 13.6. The van der Waals surface area contributed by atoms with Crippen LogP contribution in [-0.4, -0.2) is 27.1 Å². The third-order valence-corrected chi connectivity index (χ3v) is 4.72. The van der Waals surface area contributed by atoms with Crippen LogP contribution < -0.4 is 4.74 Å². The Balaban J connectivity index is 1.47. The van der Waals surface area contributed by atoms with Crippen LogP contribution in [-0.2, 0) is 19.7 Å². The van der Waals surface area contributed by atoms with E-state index in [1.807, 2.05) is 37.3 Å². The molecule has 0 saturated carbocycles. The molecule has 0 saturated heterocycles. The number of amides is 1. The molecular weight excluding hydrogens is 345 g/mol. The van der Waals surface area contributed by atoms with Gasteiger partial charge in [0.1, 0.15) is 29.6 Å². The van der Waals surface area contributed by atoms with Crippen LogP contribution >= 0.6 is 0 Å². The van der Waals surface area contributed by atoms with E-state index in [0.29, 0.717) is 37.6 Å². The first kappa shape index (κ1) is 17.3. The molecule has 2 heterocycles. The number of aromatic nitrogens is 2. The fourth-order valence-corrected chi connectivity index (χ4v) is 3.20. The monoisotopic (exact) mass is 365 g/mol. The van der Waals surface area contributed by atoms with E-state index in [2.05, 4.69) is 5.10 Å². The first-order chi connectivity index (χ1) is 13.1. The van der Waals surface area contributed by atoms with Crippen molar-refractivity contribution in [3.05, 3.63) is 82.9 Å². The third kappa shape index (κ3) is 3.69. The Morgan fingerprint density at radius 2 is 1.93 bits per heavy atom. The molecule has 5 nitrogen and oxygen atoms in total. The lowest BCUT2D eigenvalue weighted by molar-refractivity contribution is 0.0683. The highest BCUT2D eigenvalue weighted by atomic mass is 19.1. The van der Waals surface area contributed by atoms with Crippen LogP contribution in [0.4, 0.5) is 4.39 Å². The van der Waals surface area contributed by atoms with Gasteiger partial charge in [-0.3, -0.25) is 9.48 Å². The number of halogens is 1. The van der Waals surface area contributed by atoms with Gasteiger partial charge in [-0.25, -0.2) is 4.39 Å². The summed E-state index contributed by atoms with van der Waals surface area (Å²) in [6, 6.07) is 15.9. The molecule has 0 fully saturated rings. The Labute approximate surface area is 157 Å². The first-order valence-corrected chi connectivity index (χ1v) is 8.89. The molecule has 1 aromatic heterocycles. The summed E-state index contributed by atoms with van der Waals surface area (Å²) in [4.78, 5) is 14.6. The zero-order chi connectivity index (χ0) is 18.8. The van der Waals surface area contributed by atoms with E-state index < -0.39 is 0 Å². The van der Waals surface area contributed by atoms with Gasteiger partial charge >= 0.3 is 0 Å². The van der Waals surface area contributed by atoms with E-state index >= 15 is 0 Å². The molecular formula is C21H20FN3O2. The number of fused-ring (bicyclic) bond motifs is 1.